The highest BCUT2D eigenvalue weighted by atomic mass is 16.5. The molecule has 0 spiro atoms. The van der Waals surface area contributed by atoms with Gasteiger partial charge in [-0.25, -0.2) is 14.8 Å². The fourth-order valence-corrected chi connectivity index (χ4v) is 3.52. The van der Waals surface area contributed by atoms with E-state index in [1.807, 2.05) is 19.1 Å². The molecule has 10 nitrogen and oxygen atoms in total. The highest BCUT2D eigenvalue weighted by Crippen LogP contribution is 2.39. The molecule has 1 fully saturated rings. The average molecular weight is 384 g/mol. The van der Waals surface area contributed by atoms with Gasteiger partial charge in [0.2, 0.25) is 5.75 Å². The Hall–Kier alpha value is -3.43. The number of hydrogen-bond donors (Lipinski definition) is 2. The Morgan fingerprint density at radius 2 is 2.07 bits per heavy atom. The third-order valence-electron chi connectivity index (χ3n) is 4.98. The zero-order chi connectivity index (χ0) is 19.7. The number of nitrogens with one attached hydrogen (secondary N) is 1. The van der Waals surface area contributed by atoms with Gasteiger partial charge in [-0.3, -0.25) is 14.7 Å². The Morgan fingerprint density at radius 1 is 1.29 bits per heavy atom. The standard InChI is InChI=1S/C18H20N6O4/c1-11-13(3-2-6-19-11)22-16-15-17(21-10-20-16)24(14(25)9-28-15)12-4-7-23(8-5-12)18(26)27/h2-3,6,10,12H,4-5,7-9H2,1H3,(H,26,27)(H,20,21,22). The Bertz CT molecular complexity index is 913. The van der Waals surface area contributed by atoms with E-state index in [1.165, 1.54) is 11.2 Å². The molecule has 28 heavy (non-hydrogen) atoms. The molecule has 0 aromatic carbocycles. The molecule has 2 amide bonds. The lowest BCUT2D eigenvalue weighted by atomic mass is 10.0. The highest BCUT2D eigenvalue weighted by Gasteiger charge is 2.37. The molecule has 1 saturated heterocycles. The molecular weight excluding hydrogens is 364 g/mol. The number of nitrogens with zero attached hydrogens (tertiary/aromatic N) is 5. The summed E-state index contributed by atoms with van der Waals surface area (Å²) in [5, 5.41) is 12.3. The molecule has 0 aliphatic carbocycles. The minimum Gasteiger partial charge on any atom is -0.476 e. The van der Waals surface area contributed by atoms with Crippen molar-refractivity contribution in [3.8, 4) is 5.75 Å². The van der Waals surface area contributed by atoms with Crippen molar-refractivity contribution in [2.24, 2.45) is 0 Å². The Balaban J connectivity index is 1.62. The first-order chi connectivity index (χ1) is 13.5. The van der Waals surface area contributed by atoms with E-state index >= 15 is 0 Å². The zero-order valence-corrected chi connectivity index (χ0v) is 15.3. The second-order valence-corrected chi connectivity index (χ2v) is 6.69. The summed E-state index contributed by atoms with van der Waals surface area (Å²) >= 11 is 0. The minimum absolute atomic E-state index is 0.111. The van der Waals surface area contributed by atoms with Crippen LogP contribution >= 0.6 is 0 Å². The number of anilines is 3. The van der Waals surface area contributed by atoms with Gasteiger partial charge in [0.05, 0.1) is 11.4 Å². The van der Waals surface area contributed by atoms with E-state index in [9.17, 15) is 9.59 Å². The van der Waals surface area contributed by atoms with Crippen LogP contribution in [-0.2, 0) is 4.79 Å². The number of pyridine rings is 1. The molecule has 0 saturated carbocycles. The SMILES string of the molecule is Cc1ncccc1Nc1ncnc2c1OCC(=O)N2C1CCN(C(=O)O)CC1. The van der Waals surface area contributed by atoms with Crippen LogP contribution in [0.4, 0.5) is 22.1 Å². The summed E-state index contributed by atoms with van der Waals surface area (Å²) in [6.07, 6.45) is 3.25. The van der Waals surface area contributed by atoms with Gasteiger partial charge in [-0.2, -0.15) is 0 Å². The van der Waals surface area contributed by atoms with Crippen LogP contribution in [0.2, 0.25) is 0 Å². The molecule has 2 aliphatic rings. The number of carbonyl (C=O) groups is 2. The fraction of sp³-hybridized carbons (Fsp3) is 0.389. The summed E-state index contributed by atoms with van der Waals surface area (Å²) in [4.78, 5) is 39.5. The Labute approximate surface area is 161 Å². The lowest BCUT2D eigenvalue weighted by Gasteiger charge is -2.39. The number of rotatable bonds is 3. The van der Waals surface area contributed by atoms with Crippen molar-refractivity contribution in [3.05, 3.63) is 30.4 Å². The molecule has 146 valence electrons. The van der Waals surface area contributed by atoms with Gasteiger partial charge in [0.1, 0.15) is 6.33 Å². The van der Waals surface area contributed by atoms with E-state index in [1.54, 1.807) is 11.1 Å². The van der Waals surface area contributed by atoms with Crippen molar-refractivity contribution in [2.75, 3.05) is 29.9 Å². The third-order valence-corrected chi connectivity index (χ3v) is 4.98. The molecule has 4 heterocycles. The summed E-state index contributed by atoms with van der Waals surface area (Å²) < 4.78 is 5.66. The van der Waals surface area contributed by atoms with Gasteiger partial charge < -0.3 is 20.1 Å². The number of aromatic nitrogens is 3. The van der Waals surface area contributed by atoms with E-state index in [-0.39, 0.29) is 18.6 Å². The quantitative estimate of drug-likeness (QED) is 0.822. The normalized spacial score (nSPS) is 17.1. The Kier molecular flexibility index (Phi) is 4.68. The van der Waals surface area contributed by atoms with Crippen molar-refractivity contribution < 1.29 is 19.4 Å². The summed E-state index contributed by atoms with van der Waals surface area (Å²) in [7, 11) is 0. The summed E-state index contributed by atoms with van der Waals surface area (Å²) in [6, 6.07) is 3.56. The predicted octanol–water partition coefficient (Wildman–Crippen LogP) is 1.79. The molecule has 2 N–H and O–H groups in total. The number of amides is 2. The highest BCUT2D eigenvalue weighted by molar-refractivity contribution is 5.98. The average Bonchev–Trinajstić information content (AvgIpc) is 2.70. The molecule has 2 aromatic heterocycles. The van der Waals surface area contributed by atoms with Crippen LogP contribution in [0.5, 0.6) is 5.75 Å². The van der Waals surface area contributed by atoms with Gasteiger partial charge in [0.25, 0.3) is 5.91 Å². The molecule has 0 bridgehead atoms. The molecule has 2 aliphatic heterocycles. The van der Waals surface area contributed by atoms with E-state index in [0.717, 1.165) is 11.4 Å². The first-order valence-electron chi connectivity index (χ1n) is 9.01. The van der Waals surface area contributed by atoms with E-state index in [4.69, 9.17) is 9.84 Å². The second-order valence-electron chi connectivity index (χ2n) is 6.69. The number of carboxylic acid groups (broad SMARTS) is 1. The molecule has 0 unspecified atom stereocenters. The van der Waals surface area contributed by atoms with Crippen molar-refractivity contribution in [1.29, 1.82) is 0 Å². The maximum absolute atomic E-state index is 12.6. The summed E-state index contributed by atoms with van der Waals surface area (Å²) in [6.45, 7) is 2.53. The van der Waals surface area contributed by atoms with Gasteiger partial charge >= 0.3 is 6.09 Å². The molecular formula is C18H20N6O4. The fourth-order valence-electron chi connectivity index (χ4n) is 3.52. The number of ether oxygens (including phenoxy) is 1. The number of carbonyl (C=O) groups excluding carboxylic acids is 1. The first kappa shape index (κ1) is 18.0. The predicted molar refractivity (Wildman–Crippen MR) is 99.9 cm³/mol. The maximum atomic E-state index is 12.6. The number of fused-ring (bicyclic) bond motifs is 1. The van der Waals surface area contributed by atoms with Gasteiger partial charge in [-0.1, -0.05) is 0 Å². The van der Waals surface area contributed by atoms with Gasteiger partial charge in [0.15, 0.2) is 18.2 Å². The van der Waals surface area contributed by atoms with Gasteiger partial charge in [-0.05, 0) is 31.9 Å². The number of aryl methyl sites for hydroxylation is 1. The zero-order valence-electron chi connectivity index (χ0n) is 15.3. The summed E-state index contributed by atoms with van der Waals surface area (Å²) in [5.41, 5.74) is 1.59. The number of piperidine rings is 1. The first-order valence-corrected chi connectivity index (χ1v) is 9.01. The van der Waals surface area contributed by atoms with E-state index < -0.39 is 6.09 Å². The van der Waals surface area contributed by atoms with Crippen LogP contribution in [0.15, 0.2) is 24.7 Å². The second kappa shape index (κ2) is 7.29. The topological polar surface area (TPSA) is 121 Å². The maximum Gasteiger partial charge on any atom is 0.407 e. The molecule has 0 atom stereocenters. The van der Waals surface area contributed by atoms with E-state index in [2.05, 4.69) is 20.3 Å². The molecule has 2 aromatic rings. The van der Waals surface area contributed by atoms with Crippen LogP contribution in [0.1, 0.15) is 18.5 Å². The smallest absolute Gasteiger partial charge is 0.407 e. The molecule has 0 radical (unpaired) electrons. The monoisotopic (exact) mass is 384 g/mol. The van der Waals surface area contributed by atoms with Crippen LogP contribution in [-0.4, -0.2) is 62.7 Å². The molecule has 4 rings (SSSR count). The van der Waals surface area contributed by atoms with Crippen molar-refractivity contribution in [2.45, 2.75) is 25.8 Å². The van der Waals surface area contributed by atoms with Gasteiger partial charge in [-0.15, -0.1) is 0 Å². The van der Waals surface area contributed by atoms with Crippen LogP contribution in [0, 0.1) is 6.92 Å². The van der Waals surface area contributed by atoms with E-state index in [0.29, 0.717) is 43.3 Å². The largest absolute Gasteiger partial charge is 0.476 e. The molecule has 10 heteroatoms. The van der Waals surface area contributed by atoms with Gasteiger partial charge in [0, 0.05) is 25.3 Å². The number of likely N-dealkylation sites (tertiary alicyclic amines) is 1. The van der Waals surface area contributed by atoms with Crippen LogP contribution < -0.4 is 15.0 Å². The third kappa shape index (κ3) is 3.28. The number of hydrogen-bond acceptors (Lipinski definition) is 7. The van der Waals surface area contributed by atoms with Crippen LogP contribution in [0.3, 0.4) is 0 Å². The minimum atomic E-state index is -0.937. The lowest BCUT2D eigenvalue weighted by Crippen LogP contribution is -2.51. The Morgan fingerprint density at radius 3 is 2.79 bits per heavy atom. The van der Waals surface area contributed by atoms with Crippen molar-refractivity contribution in [1.82, 2.24) is 19.9 Å². The summed E-state index contributed by atoms with van der Waals surface area (Å²) in [5.74, 6) is 1.08. The van der Waals surface area contributed by atoms with Crippen molar-refractivity contribution >= 4 is 29.3 Å². The lowest BCUT2D eigenvalue weighted by molar-refractivity contribution is -0.122. The van der Waals surface area contributed by atoms with Crippen LogP contribution in [0.25, 0.3) is 0 Å². The van der Waals surface area contributed by atoms with Crippen molar-refractivity contribution in [3.63, 3.8) is 0 Å².